The minimum Gasteiger partial charge on any atom is -0.508 e. The molecule has 0 unspecified atom stereocenters. The third kappa shape index (κ3) is 3.63. The van der Waals surface area contributed by atoms with E-state index in [4.69, 9.17) is 0 Å². The van der Waals surface area contributed by atoms with Gasteiger partial charge in [-0.3, -0.25) is 4.57 Å². The van der Waals surface area contributed by atoms with Crippen LogP contribution in [0.3, 0.4) is 0 Å². The summed E-state index contributed by atoms with van der Waals surface area (Å²) >= 11 is 1.55. The van der Waals surface area contributed by atoms with Crippen molar-refractivity contribution in [2.24, 2.45) is 10.2 Å². The van der Waals surface area contributed by atoms with Crippen LogP contribution in [0.25, 0.3) is 16.9 Å². The highest BCUT2D eigenvalue weighted by Crippen LogP contribution is 2.25. The summed E-state index contributed by atoms with van der Waals surface area (Å²) in [6, 6.07) is 17.3. The topological polar surface area (TPSA) is 49.9 Å². The molecule has 0 aliphatic heterocycles. The van der Waals surface area contributed by atoms with Crippen molar-refractivity contribution in [2.75, 3.05) is 0 Å². The molecule has 3 aromatic rings. The molecule has 1 N–H and O–H groups in total. The van der Waals surface area contributed by atoms with Crippen molar-refractivity contribution in [1.82, 2.24) is 4.57 Å². The number of thiazole rings is 1. The van der Waals surface area contributed by atoms with Gasteiger partial charge < -0.3 is 5.11 Å². The minimum absolute atomic E-state index is 0.259. The maximum Gasteiger partial charge on any atom is 0.215 e. The second-order valence-electron chi connectivity index (χ2n) is 5.31. The number of hydrogen-bond donors (Lipinski definition) is 1. The van der Waals surface area contributed by atoms with E-state index >= 15 is 0 Å². The predicted molar refractivity (Wildman–Crippen MR) is 99.7 cm³/mol. The third-order valence-electron chi connectivity index (χ3n) is 3.53. The van der Waals surface area contributed by atoms with Crippen LogP contribution < -0.4 is 4.80 Å². The summed E-state index contributed by atoms with van der Waals surface area (Å²) in [6.45, 7) is 2.12. The number of aromatic hydroxyl groups is 1. The van der Waals surface area contributed by atoms with Crippen LogP contribution in [0, 0.1) is 0 Å². The molecular formula is C19H19N3OS. The molecule has 3 rings (SSSR count). The molecule has 2 aromatic carbocycles. The Balaban J connectivity index is 2.13. The second kappa shape index (κ2) is 7.75. The molecule has 0 aliphatic carbocycles. The standard InChI is InChI=1S/C19H19N3OS/c1-2-3-13-20-21-19-22(16-7-5-4-6-8-16)18(14-24-19)15-9-11-17(23)12-10-15/h4-14,23H,2-3H2,1H3/b20-13-,21-19-. The Hall–Kier alpha value is -2.66. The van der Waals surface area contributed by atoms with Gasteiger partial charge in [-0.15, -0.1) is 16.4 Å². The lowest BCUT2D eigenvalue weighted by Crippen LogP contribution is -2.13. The van der Waals surface area contributed by atoms with E-state index < -0.39 is 0 Å². The van der Waals surface area contributed by atoms with Crippen molar-refractivity contribution in [3.63, 3.8) is 0 Å². The maximum absolute atomic E-state index is 9.52. The molecule has 0 spiro atoms. The summed E-state index contributed by atoms with van der Waals surface area (Å²) in [5.74, 6) is 0.259. The van der Waals surface area contributed by atoms with Crippen molar-refractivity contribution in [3.05, 3.63) is 64.8 Å². The quantitative estimate of drug-likeness (QED) is 0.537. The van der Waals surface area contributed by atoms with E-state index in [2.05, 4.69) is 27.1 Å². The molecule has 0 aliphatic rings. The predicted octanol–water partition coefficient (Wildman–Crippen LogP) is 4.60. The number of unbranched alkanes of at least 4 members (excludes halogenated alkanes) is 1. The average Bonchev–Trinajstić information content (AvgIpc) is 3.04. The molecular weight excluding hydrogens is 318 g/mol. The SMILES string of the molecule is CCC/C=N\N=c1/scc(-c2ccc(O)cc2)n1-c1ccccc1. The molecule has 0 amide bonds. The van der Waals surface area contributed by atoms with Crippen molar-refractivity contribution in [2.45, 2.75) is 19.8 Å². The van der Waals surface area contributed by atoms with Crippen LogP contribution >= 0.6 is 11.3 Å². The first-order valence-electron chi connectivity index (χ1n) is 7.90. The van der Waals surface area contributed by atoms with Gasteiger partial charge in [0.25, 0.3) is 0 Å². The van der Waals surface area contributed by atoms with E-state index in [1.807, 2.05) is 48.7 Å². The van der Waals surface area contributed by atoms with Gasteiger partial charge in [0.2, 0.25) is 4.80 Å². The van der Waals surface area contributed by atoms with Crippen LogP contribution in [-0.2, 0) is 0 Å². The monoisotopic (exact) mass is 337 g/mol. The van der Waals surface area contributed by atoms with E-state index in [9.17, 15) is 5.11 Å². The normalized spacial score (nSPS) is 12.1. The molecule has 1 heterocycles. The van der Waals surface area contributed by atoms with Gasteiger partial charge in [-0.1, -0.05) is 31.5 Å². The Morgan fingerprint density at radius 3 is 2.54 bits per heavy atom. The molecule has 0 atom stereocenters. The highest BCUT2D eigenvalue weighted by atomic mass is 32.1. The van der Waals surface area contributed by atoms with Crippen molar-refractivity contribution >= 4 is 17.6 Å². The van der Waals surface area contributed by atoms with Gasteiger partial charge in [0.1, 0.15) is 5.75 Å². The van der Waals surface area contributed by atoms with Crippen LogP contribution in [0.2, 0.25) is 0 Å². The highest BCUT2D eigenvalue weighted by molar-refractivity contribution is 7.07. The van der Waals surface area contributed by atoms with Gasteiger partial charge in [-0.05, 0) is 48.4 Å². The molecule has 4 nitrogen and oxygen atoms in total. The van der Waals surface area contributed by atoms with E-state index in [0.717, 1.165) is 34.6 Å². The smallest absolute Gasteiger partial charge is 0.215 e. The molecule has 24 heavy (non-hydrogen) atoms. The Labute approximate surface area is 145 Å². The van der Waals surface area contributed by atoms with Gasteiger partial charge in [0.05, 0.1) is 5.69 Å². The van der Waals surface area contributed by atoms with Gasteiger partial charge in [0, 0.05) is 17.3 Å². The van der Waals surface area contributed by atoms with Crippen molar-refractivity contribution in [1.29, 1.82) is 0 Å². The number of nitrogens with zero attached hydrogens (tertiary/aromatic N) is 3. The summed E-state index contributed by atoms with van der Waals surface area (Å²) in [5, 5.41) is 20.2. The Morgan fingerprint density at radius 2 is 1.83 bits per heavy atom. The zero-order chi connectivity index (χ0) is 16.8. The van der Waals surface area contributed by atoms with Crippen molar-refractivity contribution in [3.8, 4) is 22.7 Å². The highest BCUT2D eigenvalue weighted by Gasteiger charge is 2.09. The average molecular weight is 337 g/mol. The summed E-state index contributed by atoms with van der Waals surface area (Å²) < 4.78 is 2.08. The van der Waals surface area contributed by atoms with Crippen molar-refractivity contribution < 1.29 is 5.11 Å². The van der Waals surface area contributed by atoms with E-state index in [0.29, 0.717) is 0 Å². The fourth-order valence-corrected chi connectivity index (χ4v) is 3.18. The molecule has 0 saturated heterocycles. The number of hydrogen-bond acceptors (Lipinski definition) is 4. The van der Waals surface area contributed by atoms with E-state index in [-0.39, 0.29) is 5.75 Å². The zero-order valence-corrected chi connectivity index (χ0v) is 14.3. The fourth-order valence-electron chi connectivity index (χ4n) is 2.32. The summed E-state index contributed by atoms with van der Waals surface area (Å²) in [4.78, 5) is 0.816. The zero-order valence-electron chi connectivity index (χ0n) is 13.5. The van der Waals surface area contributed by atoms with Crippen LogP contribution in [0.5, 0.6) is 5.75 Å². The number of para-hydroxylation sites is 1. The number of phenols is 1. The first-order valence-corrected chi connectivity index (χ1v) is 8.78. The number of aromatic nitrogens is 1. The molecule has 0 radical (unpaired) electrons. The van der Waals surface area contributed by atoms with Gasteiger partial charge in [0.15, 0.2) is 0 Å². The lowest BCUT2D eigenvalue weighted by atomic mass is 10.1. The molecule has 1 aromatic heterocycles. The summed E-state index contributed by atoms with van der Waals surface area (Å²) in [5.41, 5.74) is 3.08. The van der Waals surface area contributed by atoms with Crippen LogP contribution in [-0.4, -0.2) is 15.9 Å². The van der Waals surface area contributed by atoms with Crippen LogP contribution in [0.15, 0.2) is 70.2 Å². The first-order chi connectivity index (χ1) is 11.8. The van der Waals surface area contributed by atoms with E-state index in [1.54, 1.807) is 23.5 Å². The lowest BCUT2D eigenvalue weighted by molar-refractivity contribution is 0.475. The molecule has 0 fully saturated rings. The maximum atomic E-state index is 9.52. The largest absolute Gasteiger partial charge is 0.508 e. The number of benzene rings is 2. The van der Waals surface area contributed by atoms with Crippen LogP contribution in [0.1, 0.15) is 19.8 Å². The summed E-state index contributed by atoms with van der Waals surface area (Å²) in [7, 11) is 0. The van der Waals surface area contributed by atoms with Gasteiger partial charge >= 0.3 is 0 Å². The second-order valence-corrected chi connectivity index (χ2v) is 6.14. The molecule has 0 saturated carbocycles. The fraction of sp³-hybridized carbons (Fsp3) is 0.158. The molecule has 5 heteroatoms. The minimum atomic E-state index is 0.259. The van der Waals surface area contributed by atoms with E-state index in [1.165, 1.54) is 0 Å². The van der Waals surface area contributed by atoms with Gasteiger partial charge in [-0.25, -0.2) is 0 Å². The first kappa shape index (κ1) is 16.2. The lowest BCUT2D eigenvalue weighted by Gasteiger charge is -2.09. The van der Waals surface area contributed by atoms with Gasteiger partial charge in [-0.2, -0.15) is 5.10 Å². The number of phenolic OH excluding ortho intramolecular Hbond substituents is 1. The third-order valence-corrected chi connectivity index (χ3v) is 4.34. The Bertz CT molecular complexity index is 877. The number of rotatable bonds is 5. The Morgan fingerprint density at radius 1 is 1.08 bits per heavy atom. The van der Waals surface area contributed by atoms with Crippen LogP contribution in [0.4, 0.5) is 0 Å². The summed E-state index contributed by atoms with van der Waals surface area (Å²) in [6.07, 6.45) is 3.82. The molecule has 0 bridgehead atoms. The molecule has 122 valence electrons. The Kier molecular flexibility index (Phi) is 5.23.